The molecule has 0 fully saturated rings. The number of thiazole rings is 2. The van der Waals surface area contributed by atoms with Crippen LogP contribution in [0.5, 0.6) is 11.5 Å². The molecule has 0 spiro atoms. The van der Waals surface area contributed by atoms with Crippen LogP contribution in [0.25, 0.3) is 10.2 Å². The Labute approximate surface area is 176 Å². The number of nitrogens with zero attached hydrogens (tertiary/aromatic N) is 3. The van der Waals surface area contributed by atoms with Gasteiger partial charge in [-0.25, -0.2) is 9.97 Å². The number of aromatic nitrogens is 2. The lowest BCUT2D eigenvalue weighted by atomic mass is 10.1. The van der Waals surface area contributed by atoms with Crippen LogP contribution in [0.3, 0.4) is 0 Å². The SMILES string of the molecule is COc1cc(C(=O)N(C)Cc2nc3ccccc3s2)ccc1OCc1cscn1. The van der Waals surface area contributed by atoms with Gasteiger partial charge in [-0.1, -0.05) is 12.1 Å². The predicted molar refractivity (Wildman–Crippen MR) is 115 cm³/mol. The minimum atomic E-state index is -0.103. The first-order valence-corrected chi connectivity index (χ1v) is 10.7. The van der Waals surface area contributed by atoms with Crippen LogP contribution in [0.1, 0.15) is 21.1 Å². The second kappa shape index (κ2) is 8.59. The molecule has 0 aliphatic rings. The topological polar surface area (TPSA) is 64.5 Å². The predicted octanol–water partition coefficient (Wildman–Crippen LogP) is 4.61. The van der Waals surface area contributed by atoms with E-state index in [-0.39, 0.29) is 5.91 Å². The van der Waals surface area contributed by atoms with Crippen molar-refractivity contribution in [3.05, 3.63) is 69.6 Å². The molecule has 0 unspecified atom stereocenters. The third-order valence-corrected chi connectivity index (χ3v) is 5.98. The minimum absolute atomic E-state index is 0.103. The standard InChI is InChI=1S/C21H19N3O3S2/c1-24(10-20-23-16-5-3-4-6-19(16)29-20)21(25)14-7-8-17(18(9-14)26-2)27-11-15-12-28-13-22-15/h3-9,12-13H,10-11H2,1-2H3. The summed E-state index contributed by atoms with van der Waals surface area (Å²) in [6, 6.07) is 13.2. The lowest BCUT2D eigenvalue weighted by Crippen LogP contribution is -2.26. The van der Waals surface area contributed by atoms with Crippen LogP contribution in [0.2, 0.25) is 0 Å². The largest absolute Gasteiger partial charge is 0.493 e. The molecule has 2 heterocycles. The molecule has 2 aromatic heterocycles. The van der Waals surface area contributed by atoms with Gasteiger partial charge in [-0.2, -0.15) is 0 Å². The van der Waals surface area contributed by atoms with Crippen molar-refractivity contribution < 1.29 is 14.3 Å². The van der Waals surface area contributed by atoms with Gasteiger partial charge in [0.05, 0.1) is 35.1 Å². The van der Waals surface area contributed by atoms with Crippen molar-refractivity contribution in [1.82, 2.24) is 14.9 Å². The first-order chi connectivity index (χ1) is 14.1. The number of methoxy groups -OCH3 is 1. The highest BCUT2D eigenvalue weighted by atomic mass is 32.1. The molecule has 29 heavy (non-hydrogen) atoms. The second-order valence-electron chi connectivity index (χ2n) is 6.37. The zero-order valence-electron chi connectivity index (χ0n) is 16.0. The van der Waals surface area contributed by atoms with E-state index in [1.807, 2.05) is 29.6 Å². The lowest BCUT2D eigenvalue weighted by molar-refractivity contribution is 0.0784. The summed E-state index contributed by atoms with van der Waals surface area (Å²) in [5, 5.41) is 2.83. The van der Waals surface area contributed by atoms with E-state index >= 15 is 0 Å². The van der Waals surface area contributed by atoms with Gasteiger partial charge < -0.3 is 14.4 Å². The van der Waals surface area contributed by atoms with Gasteiger partial charge in [0.2, 0.25) is 0 Å². The van der Waals surface area contributed by atoms with Gasteiger partial charge in [-0.05, 0) is 30.3 Å². The smallest absolute Gasteiger partial charge is 0.254 e. The normalized spacial score (nSPS) is 10.8. The summed E-state index contributed by atoms with van der Waals surface area (Å²) >= 11 is 3.12. The average molecular weight is 426 g/mol. The number of benzene rings is 2. The Morgan fingerprint density at radius 1 is 1.17 bits per heavy atom. The van der Waals surface area contributed by atoms with Gasteiger partial charge in [-0.15, -0.1) is 22.7 Å². The number of rotatable bonds is 7. The summed E-state index contributed by atoms with van der Waals surface area (Å²) in [6.07, 6.45) is 0. The summed E-state index contributed by atoms with van der Waals surface area (Å²) in [7, 11) is 3.33. The maximum atomic E-state index is 12.9. The maximum absolute atomic E-state index is 12.9. The fraction of sp³-hybridized carbons (Fsp3) is 0.190. The molecule has 8 heteroatoms. The molecule has 6 nitrogen and oxygen atoms in total. The van der Waals surface area contributed by atoms with Crippen molar-refractivity contribution in [3.8, 4) is 11.5 Å². The molecule has 2 aromatic carbocycles. The zero-order valence-corrected chi connectivity index (χ0v) is 17.6. The highest BCUT2D eigenvalue weighted by Crippen LogP contribution is 2.30. The zero-order chi connectivity index (χ0) is 20.2. The van der Waals surface area contributed by atoms with E-state index in [4.69, 9.17) is 9.47 Å². The minimum Gasteiger partial charge on any atom is -0.493 e. The molecule has 0 aliphatic carbocycles. The molecular formula is C21H19N3O3S2. The third kappa shape index (κ3) is 4.38. The summed E-state index contributed by atoms with van der Waals surface area (Å²) < 4.78 is 12.3. The Hall–Kier alpha value is -2.97. The highest BCUT2D eigenvalue weighted by Gasteiger charge is 2.17. The van der Waals surface area contributed by atoms with Crippen molar-refractivity contribution >= 4 is 38.8 Å². The monoisotopic (exact) mass is 425 g/mol. The Morgan fingerprint density at radius 2 is 2.03 bits per heavy atom. The molecule has 0 atom stereocenters. The summed E-state index contributed by atoms with van der Waals surface area (Å²) in [4.78, 5) is 23.3. The molecule has 0 saturated heterocycles. The second-order valence-corrected chi connectivity index (χ2v) is 8.20. The van der Waals surface area contributed by atoms with Crippen LogP contribution in [-0.2, 0) is 13.2 Å². The van der Waals surface area contributed by atoms with Crippen LogP contribution < -0.4 is 9.47 Å². The van der Waals surface area contributed by atoms with Crippen molar-refractivity contribution in [2.45, 2.75) is 13.2 Å². The third-order valence-electron chi connectivity index (χ3n) is 4.33. The van der Waals surface area contributed by atoms with Crippen LogP contribution in [-0.4, -0.2) is 34.9 Å². The molecule has 148 valence electrons. The average Bonchev–Trinajstić information content (AvgIpc) is 3.40. The Morgan fingerprint density at radius 3 is 2.79 bits per heavy atom. The first-order valence-electron chi connectivity index (χ1n) is 8.92. The van der Waals surface area contributed by atoms with Crippen LogP contribution in [0.15, 0.2) is 53.4 Å². The molecule has 0 bridgehead atoms. The van der Waals surface area contributed by atoms with E-state index in [1.165, 1.54) is 11.3 Å². The molecule has 0 N–H and O–H groups in total. The Balaban J connectivity index is 1.46. The summed E-state index contributed by atoms with van der Waals surface area (Å²) in [6.45, 7) is 0.799. The van der Waals surface area contributed by atoms with Crippen LogP contribution >= 0.6 is 22.7 Å². The van der Waals surface area contributed by atoms with Crippen molar-refractivity contribution in [3.63, 3.8) is 0 Å². The van der Waals surface area contributed by atoms with E-state index in [0.717, 1.165) is 20.9 Å². The maximum Gasteiger partial charge on any atom is 0.254 e. The number of hydrogen-bond donors (Lipinski definition) is 0. The fourth-order valence-corrected chi connectivity index (χ4v) is 4.43. The number of hydrogen-bond acceptors (Lipinski definition) is 7. The van der Waals surface area contributed by atoms with Crippen molar-refractivity contribution in [1.29, 1.82) is 0 Å². The number of fused-ring (bicyclic) bond motifs is 1. The van der Waals surface area contributed by atoms with Gasteiger partial charge in [0.1, 0.15) is 11.6 Å². The number of carbonyl (C=O) groups is 1. The van der Waals surface area contributed by atoms with E-state index in [2.05, 4.69) is 9.97 Å². The first kappa shape index (κ1) is 19.4. The summed E-state index contributed by atoms with van der Waals surface area (Å²) in [5.74, 6) is 0.985. The van der Waals surface area contributed by atoms with Gasteiger partial charge in [0, 0.05) is 18.0 Å². The molecule has 0 radical (unpaired) electrons. The number of amides is 1. The van der Waals surface area contributed by atoms with E-state index < -0.39 is 0 Å². The van der Waals surface area contributed by atoms with E-state index in [9.17, 15) is 4.79 Å². The molecule has 4 aromatic rings. The van der Waals surface area contributed by atoms with Crippen LogP contribution in [0, 0.1) is 0 Å². The Bertz CT molecular complexity index is 1090. The van der Waals surface area contributed by atoms with Crippen LogP contribution in [0.4, 0.5) is 0 Å². The van der Waals surface area contributed by atoms with Crippen molar-refractivity contribution in [2.75, 3.05) is 14.2 Å². The van der Waals surface area contributed by atoms with Crippen molar-refractivity contribution in [2.24, 2.45) is 0 Å². The molecule has 4 rings (SSSR count). The summed E-state index contributed by atoms with van der Waals surface area (Å²) in [5.41, 5.74) is 4.11. The van der Waals surface area contributed by atoms with Gasteiger partial charge in [-0.3, -0.25) is 4.79 Å². The number of ether oxygens (including phenoxy) is 2. The quantitative estimate of drug-likeness (QED) is 0.433. The van der Waals surface area contributed by atoms with Gasteiger partial charge in [0.15, 0.2) is 11.5 Å². The lowest BCUT2D eigenvalue weighted by Gasteiger charge is -2.17. The Kier molecular flexibility index (Phi) is 5.73. The van der Waals surface area contributed by atoms with E-state index in [1.54, 1.807) is 54.1 Å². The molecule has 0 saturated carbocycles. The van der Waals surface area contributed by atoms with Gasteiger partial charge in [0.25, 0.3) is 5.91 Å². The number of carbonyl (C=O) groups excluding carboxylic acids is 1. The number of para-hydroxylation sites is 1. The highest BCUT2D eigenvalue weighted by molar-refractivity contribution is 7.18. The van der Waals surface area contributed by atoms with E-state index in [0.29, 0.717) is 30.2 Å². The molecular weight excluding hydrogens is 406 g/mol. The molecule has 0 aliphatic heterocycles. The fourth-order valence-electron chi connectivity index (χ4n) is 2.86. The molecule has 1 amide bonds. The van der Waals surface area contributed by atoms with Gasteiger partial charge >= 0.3 is 0 Å².